The average Bonchev–Trinajstić information content (AvgIpc) is 2.67. The molecule has 0 aliphatic rings. The van der Waals surface area contributed by atoms with Crippen LogP contribution in [0.25, 0.3) is 0 Å². The van der Waals surface area contributed by atoms with E-state index in [-0.39, 0.29) is 23.8 Å². The van der Waals surface area contributed by atoms with Crippen molar-refractivity contribution in [3.05, 3.63) is 29.8 Å². The molecule has 176 valence electrons. The van der Waals surface area contributed by atoms with Crippen LogP contribution in [0.2, 0.25) is 0 Å². The molecule has 1 rings (SSSR count). The number of hydrazine groups is 1. The molecule has 0 unspecified atom stereocenters. The molecular formula is C18H25N5O8S. The van der Waals surface area contributed by atoms with Crippen LogP contribution in [0.5, 0.6) is 0 Å². The predicted octanol–water partition coefficient (Wildman–Crippen LogP) is -0.996. The molecule has 1 aromatic carbocycles. The summed E-state index contributed by atoms with van der Waals surface area (Å²) in [6, 6.07) is 6.00. The Balaban J connectivity index is 3.20. The standard InChI is InChI=1S/C18H25N5O8S/c1-18(16(30)31,11-2-4-12(5-3-11)20-21-17(19)32)23(10-15(28)29)7-6-22(8-13(24)25)9-14(26)27/h2-5,20H,6-10H2,1H3,(H,24,25)(H,26,27)(H,28,29)(H,30,31)(H3,19,21,32)/t18-/m1/s1. The number of nitrogens with zero attached hydrogens (tertiary/aromatic N) is 2. The summed E-state index contributed by atoms with van der Waals surface area (Å²) in [5, 5.41) is 37.2. The fourth-order valence-electron chi connectivity index (χ4n) is 2.94. The van der Waals surface area contributed by atoms with Crippen LogP contribution in [0.3, 0.4) is 0 Å². The summed E-state index contributed by atoms with van der Waals surface area (Å²) in [7, 11) is 0. The number of thiocarbonyl (C=S) groups is 1. The number of nitrogens with two attached hydrogens (primary N) is 1. The van der Waals surface area contributed by atoms with E-state index >= 15 is 0 Å². The molecule has 0 spiro atoms. The van der Waals surface area contributed by atoms with Crippen LogP contribution in [0.4, 0.5) is 5.69 Å². The van der Waals surface area contributed by atoms with Gasteiger partial charge in [0, 0.05) is 13.1 Å². The van der Waals surface area contributed by atoms with E-state index in [2.05, 4.69) is 23.1 Å². The molecule has 13 nitrogen and oxygen atoms in total. The number of aliphatic carboxylic acids is 4. The third kappa shape index (κ3) is 7.98. The van der Waals surface area contributed by atoms with Gasteiger partial charge >= 0.3 is 23.9 Å². The van der Waals surface area contributed by atoms with E-state index in [1.54, 1.807) is 0 Å². The highest BCUT2D eigenvalue weighted by molar-refractivity contribution is 7.80. The number of rotatable bonds is 14. The molecule has 8 N–H and O–H groups in total. The molecule has 0 aliphatic heterocycles. The van der Waals surface area contributed by atoms with Crippen LogP contribution in [0, 0.1) is 0 Å². The number of hydrogen-bond donors (Lipinski definition) is 7. The second-order valence-corrected chi connectivity index (χ2v) is 7.32. The average molecular weight is 471 g/mol. The molecule has 0 aliphatic carbocycles. The molecule has 0 saturated heterocycles. The largest absolute Gasteiger partial charge is 0.480 e. The van der Waals surface area contributed by atoms with Crippen molar-refractivity contribution >= 4 is 46.9 Å². The van der Waals surface area contributed by atoms with Crippen molar-refractivity contribution in [2.45, 2.75) is 12.5 Å². The summed E-state index contributed by atoms with van der Waals surface area (Å²) in [5.41, 5.74) is 9.47. The number of carbonyl (C=O) groups is 4. The first-order valence-corrected chi connectivity index (χ1v) is 9.55. The zero-order valence-corrected chi connectivity index (χ0v) is 18.0. The molecule has 1 atom stereocenters. The van der Waals surface area contributed by atoms with Gasteiger partial charge in [0.15, 0.2) is 5.11 Å². The number of nitrogens with one attached hydrogen (secondary N) is 2. The summed E-state index contributed by atoms with van der Waals surface area (Å²) in [6.45, 7) is -0.988. The van der Waals surface area contributed by atoms with E-state index in [9.17, 15) is 29.4 Å². The van der Waals surface area contributed by atoms with Crippen molar-refractivity contribution < 1.29 is 39.6 Å². The quantitative estimate of drug-likeness (QED) is 0.128. The van der Waals surface area contributed by atoms with Crippen LogP contribution < -0.4 is 16.6 Å². The van der Waals surface area contributed by atoms with Gasteiger partial charge in [-0.05, 0) is 36.8 Å². The van der Waals surface area contributed by atoms with Crippen molar-refractivity contribution in [1.82, 2.24) is 15.2 Å². The topological polar surface area (TPSA) is 206 Å². The van der Waals surface area contributed by atoms with Gasteiger partial charge in [0.25, 0.3) is 0 Å². The summed E-state index contributed by atoms with van der Waals surface area (Å²) in [4.78, 5) is 47.9. The van der Waals surface area contributed by atoms with E-state index < -0.39 is 49.1 Å². The van der Waals surface area contributed by atoms with E-state index in [1.165, 1.54) is 31.2 Å². The smallest absolute Gasteiger partial charge is 0.328 e. The molecule has 32 heavy (non-hydrogen) atoms. The SMILES string of the molecule is C[C@](C(=O)O)(c1ccc(NNC(N)=S)cc1)N(CCN(CC(=O)O)CC(=O)O)CC(=O)O. The fraction of sp³-hybridized carbons (Fsp3) is 0.389. The number of carboxylic acid groups (broad SMARTS) is 4. The molecule has 0 fully saturated rings. The minimum Gasteiger partial charge on any atom is -0.480 e. The predicted molar refractivity (Wildman–Crippen MR) is 116 cm³/mol. The highest BCUT2D eigenvalue weighted by Gasteiger charge is 2.42. The van der Waals surface area contributed by atoms with E-state index in [1.807, 2.05) is 0 Å². The number of hydrogen-bond acceptors (Lipinski definition) is 8. The monoisotopic (exact) mass is 471 g/mol. The Morgan fingerprint density at radius 3 is 1.84 bits per heavy atom. The molecule has 0 radical (unpaired) electrons. The van der Waals surface area contributed by atoms with Gasteiger partial charge in [0.1, 0.15) is 5.54 Å². The summed E-state index contributed by atoms with van der Waals surface area (Å²) < 4.78 is 0. The summed E-state index contributed by atoms with van der Waals surface area (Å²) in [6.07, 6.45) is 0. The maximum absolute atomic E-state index is 12.2. The Hall–Kier alpha value is -3.49. The zero-order chi connectivity index (χ0) is 24.5. The van der Waals surface area contributed by atoms with Crippen LogP contribution in [0.15, 0.2) is 24.3 Å². The van der Waals surface area contributed by atoms with Gasteiger partial charge in [-0.3, -0.25) is 35.0 Å². The van der Waals surface area contributed by atoms with Gasteiger partial charge in [0.05, 0.1) is 25.3 Å². The third-order valence-corrected chi connectivity index (χ3v) is 4.66. The fourth-order valence-corrected chi connectivity index (χ4v) is 2.99. The first-order valence-electron chi connectivity index (χ1n) is 9.14. The molecule has 0 bridgehead atoms. The van der Waals surface area contributed by atoms with Crippen molar-refractivity contribution in [2.24, 2.45) is 5.73 Å². The molecule has 0 amide bonds. The minimum atomic E-state index is -1.81. The normalized spacial score (nSPS) is 12.7. The number of benzene rings is 1. The number of carboxylic acids is 4. The van der Waals surface area contributed by atoms with Crippen molar-refractivity contribution in [3.63, 3.8) is 0 Å². The maximum atomic E-state index is 12.2. The molecule has 0 aromatic heterocycles. The Kier molecular flexibility index (Phi) is 9.77. The molecule has 14 heteroatoms. The second-order valence-electron chi connectivity index (χ2n) is 6.88. The van der Waals surface area contributed by atoms with Crippen molar-refractivity contribution in [2.75, 3.05) is 38.1 Å². The molecule has 0 saturated carbocycles. The van der Waals surface area contributed by atoms with Gasteiger partial charge in [0.2, 0.25) is 0 Å². The van der Waals surface area contributed by atoms with Crippen molar-refractivity contribution in [1.29, 1.82) is 0 Å². The maximum Gasteiger partial charge on any atom is 0.328 e. The van der Waals surface area contributed by atoms with E-state index in [0.717, 1.165) is 9.80 Å². The van der Waals surface area contributed by atoms with Crippen molar-refractivity contribution in [3.8, 4) is 0 Å². The lowest BCUT2D eigenvalue weighted by Crippen LogP contribution is -2.54. The van der Waals surface area contributed by atoms with Crippen LogP contribution in [-0.2, 0) is 24.7 Å². The summed E-state index contributed by atoms with van der Waals surface area (Å²) in [5.74, 6) is -5.19. The Labute approximate surface area is 188 Å². The van der Waals surface area contributed by atoms with Gasteiger partial charge < -0.3 is 26.2 Å². The van der Waals surface area contributed by atoms with Gasteiger partial charge in [-0.25, -0.2) is 4.79 Å². The van der Waals surface area contributed by atoms with Crippen LogP contribution in [0.1, 0.15) is 12.5 Å². The zero-order valence-electron chi connectivity index (χ0n) is 17.1. The Bertz CT molecular complexity index is 849. The lowest BCUT2D eigenvalue weighted by atomic mass is 9.89. The Morgan fingerprint density at radius 1 is 0.938 bits per heavy atom. The second kappa shape index (κ2) is 11.8. The van der Waals surface area contributed by atoms with Crippen LogP contribution in [-0.4, -0.2) is 91.9 Å². The van der Waals surface area contributed by atoms with Gasteiger partial charge in [-0.2, -0.15) is 0 Å². The minimum absolute atomic E-state index is 0.00985. The lowest BCUT2D eigenvalue weighted by molar-refractivity contribution is -0.155. The first-order chi connectivity index (χ1) is 14.9. The molecule has 0 heterocycles. The number of anilines is 1. The van der Waals surface area contributed by atoms with E-state index in [4.69, 9.17) is 15.9 Å². The Morgan fingerprint density at radius 2 is 1.44 bits per heavy atom. The first kappa shape index (κ1) is 26.5. The third-order valence-electron chi connectivity index (χ3n) is 4.56. The molecule has 1 aromatic rings. The van der Waals surface area contributed by atoms with Gasteiger partial charge in [-0.1, -0.05) is 12.1 Å². The molecular weight excluding hydrogens is 446 g/mol. The highest BCUT2D eigenvalue weighted by Crippen LogP contribution is 2.30. The van der Waals surface area contributed by atoms with Crippen LogP contribution >= 0.6 is 12.2 Å². The van der Waals surface area contributed by atoms with Gasteiger partial charge in [-0.15, -0.1) is 0 Å². The summed E-state index contributed by atoms with van der Waals surface area (Å²) >= 11 is 4.68. The lowest BCUT2D eigenvalue weighted by Gasteiger charge is -2.38. The van der Waals surface area contributed by atoms with E-state index in [0.29, 0.717) is 5.69 Å². The highest BCUT2D eigenvalue weighted by atomic mass is 32.1.